The average molecular weight is 480 g/mol. The zero-order valence-electron chi connectivity index (χ0n) is 19.0. The molecule has 8 nitrogen and oxygen atoms in total. The molecule has 4 rings (SSSR count). The number of hydrogen-bond acceptors (Lipinski definition) is 6. The number of anilines is 1. The quantitative estimate of drug-likeness (QED) is 0.609. The highest BCUT2D eigenvalue weighted by Gasteiger charge is 2.46. The van der Waals surface area contributed by atoms with E-state index in [0.717, 1.165) is 42.9 Å². The van der Waals surface area contributed by atoms with E-state index in [2.05, 4.69) is 10.1 Å². The summed E-state index contributed by atoms with van der Waals surface area (Å²) in [5.74, 6) is -0.772. The second-order valence-electron chi connectivity index (χ2n) is 9.47. The van der Waals surface area contributed by atoms with Crippen LogP contribution in [-0.4, -0.2) is 50.6 Å². The highest BCUT2D eigenvalue weighted by Crippen LogP contribution is 2.40. The number of aliphatic imine (C=N–C) groups is 1. The van der Waals surface area contributed by atoms with Gasteiger partial charge in [0, 0.05) is 35.6 Å². The maximum absolute atomic E-state index is 13.9. The smallest absolute Gasteiger partial charge is 0.396 e. The standard InChI is InChI=1S/C23H28F3N5O3/c1-22(2,34)16-10-18-14(11-31(29-18)15-5-3-13(12-32)4-6-15)9-19(16)30-8-7-17(20(27)33)28-21(30)23(24,25)26/h7-11,13,15,21,32,34H,3-6,12H2,1-2H3,(H2,27,33). The molecule has 2 aromatic rings. The third-order valence-electron chi connectivity index (χ3n) is 6.49. The normalized spacial score (nSPS) is 23.9. The summed E-state index contributed by atoms with van der Waals surface area (Å²) in [7, 11) is 0. The molecule has 1 aliphatic carbocycles. The Morgan fingerprint density at radius 2 is 1.88 bits per heavy atom. The summed E-state index contributed by atoms with van der Waals surface area (Å²) in [6.07, 6.45) is 0.321. The number of alkyl halides is 3. The van der Waals surface area contributed by atoms with Crippen molar-refractivity contribution in [3.8, 4) is 0 Å². The Kier molecular flexibility index (Phi) is 6.19. The van der Waals surface area contributed by atoms with Gasteiger partial charge in [0.2, 0.25) is 6.17 Å². The highest BCUT2D eigenvalue weighted by molar-refractivity contribution is 6.43. The average Bonchev–Trinajstić information content (AvgIpc) is 3.20. The topological polar surface area (TPSA) is 117 Å². The number of aromatic nitrogens is 2. The van der Waals surface area contributed by atoms with E-state index in [4.69, 9.17) is 5.73 Å². The van der Waals surface area contributed by atoms with Crippen molar-refractivity contribution >= 4 is 28.2 Å². The molecule has 1 amide bonds. The number of carbonyl (C=O) groups is 1. The van der Waals surface area contributed by atoms with Crippen LogP contribution >= 0.6 is 0 Å². The Labute approximate surface area is 194 Å². The Morgan fingerprint density at radius 3 is 2.44 bits per heavy atom. The number of rotatable bonds is 5. The number of halogens is 3. The number of benzene rings is 1. The van der Waals surface area contributed by atoms with Gasteiger partial charge in [-0.15, -0.1) is 0 Å². The number of amides is 1. The van der Waals surface area contributed by atoms with Crippen LogP contribution in [0.15, 0.2) is 35.6 Å². The first kappa shape index (κ1) is 24.2. The first-order valence-corrected chi connectivity index (χ1v) is 11.2. The van der Waals surface area contributed by atoms with Gasteiger partial charge in [-0.3, -0.25) is 9.48 Å². The van der Waals surface area contributed by atoms with Gasteiger partial charge in [-0.1, -0.05) is 0 Å². The summed E-state index contributed by atoms with van der Waals surface area (Å²) in [6.45, 7) is 3.13. The number of primary amides is 1. The molecule has 184 valence electrons. The van der Waals surface area contributed by atoms with Crippen LogP contribution in [0.5, 0.6) is 0 Å². The molecule has 0 bridgehead atoms. The summed E-state index contributed by atoms with van der Waals surface area (Å²) in [6, 6.07) is 3.28. The van der Waals surface area contributed by atoms with Crippen LogP contribution in [0, 0.1) is 5.92 Å². The van der Waals surface area contributed by atoms with Gasteiger partial charge >= 0.3 is 6.18 Å². The predicted molar refractivity (Wildman–Crippen MR) is 121 cm³/mol. The Bertz CT molecular complexity index is 1140. The molecule has 1 atom stereocenters. The van der Waals surface area contributed by atoms with E-state index in [9.17, 15) is 28.2 Å². The Balaban J connectivity index is 1.78. The first-order valence-electron chi connectivity index (χ1n) is 11.2. The molecule has 34 heavy (non-hydrogen) atoms. The number of aliphatic hydroxyl groups excluding tert-OH is 1. The molecule has 2 heterocycles. The Morgan fingerprint density at radius 1 is 1.21 bits per heavy atom. The van der Waals surface area contributed by atoms with Crippen LogP contribution in [0.4, 0.5) is 18.9 Å². The summed E-state index contributed by atoms with van der Waals surface area (Å²) >= 11 is 0. The second-order valence-corrected chi connectivity index (χ2v) is 9.47. The lowest BCUT2D eigenvalue weighted by atomic mass is 9.87. The minimum atomic E-state index is -4.80. The largest absolute Gasteiger partial charge is 0.429 e. The zero-order valence-corrected chi connectivity index (χ0v) is 19.0. The number of nitrogens with two attached hydrogens (primary N) is 1. The SMILES string of the molecule is CC(C)(O)c1cc2nn(C3CCC(CO)CC3)cc2cc1N1C=CC(C(N)=O)=NC1C(F)(F)F. The van der Waals surface area contributed by atoms with E-state index >= 15 is 0 Å². The summed E-state index contributed by atoms with van der Waals surface area (Å²) < 4.78 is 43.6. The van der Waals surface area contributed by atoms with Crippen molar-refractivity contribution in [1.82, 2.24) is 9.78 Å². The first-order chi connectivity index (χ1) is 15.9. The third kappa shape index (κ3) is 4.67. The van der Waals surface area contributed by atoms with Crippen LogP contribution in [0.25, 0.3) is 10.9 Å². The molecule has 0 spiro atoms. The van der Waals surface area contributed by atoms with E-state index in [0.29, 0.717) is 10.9 Å². The maximum Gasteiger partial charge on any atom is 0.429 e. The van der Waals surface area contributed by atoms with Gasteiger partial charge in [0.25, 0.3) is 5.91 Å². The molecular weight excluding hydrogens is 451 g/mol. The minimum absolute atomic E-state index is 0.106. The van der Waals surface area contributed by atoms with Gasteiger partial charge in [0.15, 0.2) is 0 Å². The van der Waals surface area contributed by atoms with Crippen LogP contribution in [0.2, 0.25) is 0 Å². The maximum atomic E-state index is 13.9. The molecule has 0 saturated heterocycles. The van der Waals surface area contributed by atoms with Crippen molar-refractivity contribution in [2.45, 2.75) is 63.5 Å². The van der Waals surface area contributed by atoms with E-state index < -0.39 is 29.6 Å². The van der Waals surface area contributed by atoms with E-state index in [1.165, 1.54) is 13.8 Å². The molecule has 1 unspecified atom stereocenters. The van der Waals surface area contributed by atoms with Crippen molar-refractivity contribution < 1.29 is 28.2 Å². The summed E-state index contributed by atoms with van der Waals surface area (Å²) in [5, 5.41) is 25.4. The molecule has 2 aliphatic rings. The number of aliphatic hydroxyl groups is 2. The minimum Gasteiger partial charge on any atom is -0.396 e. The molecule has 1 fully saturated rings. The molecule has 4 N–H and O–H groups in total. The van der Waals surface area contributed by atoms with E-state index in [1.54, 1.807) is 18.3 Å². The Hall–Kier alpha value is -2.92. The molecule has 1 aromatic carbocycles. The van der Waals surface area contributed by atoms with Gasteiger partial charge in [-0.05, 0) is 63.7 Å². The molecule has 1 aliphatic heterocycles. The fourth-order valence-corrected chi connectivity index (χ4v) is 4.62. The van der Waals surface area contributed by atoms with Crippen LogP contribution in [0.3, 0.4) is 0 Å². The van der Waals surface area contributed by atoms with Crippen molar-refractivity contribution in [2.75, 3.05) is 11.5 Å². The molecular formula is C23H28F3N5O3. The fraction of sp³-hybridized carbons (Fsp3) is 0.522. The number of nitrogens with zero attached hydrogens (tertiary/aromatic N) is 4. The number of carbonyl (C=O) groups excluding carboxylic acids is 1. The molecule has 0 radical (unpaired) electrons. The van der Waals surface area contributed by atoms with Gasteiger partial charge < -0.3 is 20.8 Å². The van der Waals surface area contributed by atoms with Crippen molar-refractivity contribution in [3.05, 3.63) is 36.2 Å². The lowest BCUT2D eigenvalue weighted by Crippen LogP contribution is -2.46. The number of fused-ring (bicyclic) bond motifs is 1. The highest BCUT2D eigenvalue weighted by atomic mass is 19.4. The van der Waals surface area contributed by atoms with Crippen LogP contribution in [-0.2, 0) is 10.4 Å². The van der Waals surface area contributed by atoms with Crippen LogP contribution in [0.1, 0.15) is 51.1 Å². The summed E-state index contributed by atoms with van der Waals surface area (Å²) in [5.41, 5.74) is 4.09. The van der Waals surface area contributed by atoms with Crippen LogP contribution < -0.4 is 10.6 Å². The third-order valence-corrected chi connectivity index (χ3v) is 6.49. The molecule has 11 heteroatoms. The van der Waals surface area contributed by atoms with Gasteiger partial charge in [-0.25, -0.2) is 4.99 Å². The number of hydrogen-bond donors (Lipinski definition) is 3. The zero-order chi connectivity index (χ0) is 24.8. The summed E-state index contributed by atoms with van der Waals surface area (Å²) in [4.78, 5) is 15.9. The lowest BCUT2D eigenvalue weighted by molar-refractivity contribution is -0.145. The van der Waals surface area contributed by atoms with E-state index in [-0.39, 0.29) is 29.8 Å². The molecule has 1 saturated carbocycles. The van der Waals surface area contributed by atoms with Crippen molar-refractivity contribution in [3.63, 3.8) is 0 Å². The predicted octanol–water partition coefficient (Wildman–Crippen LogP) is 3.14. The van der Waals surface area contributed by atoms with Gasteiger partial charge in [0.05, 0.1) is 17.2 Å². The fourth-order valence-electron chi connectivity index (χ4n) is 4.62. The van der Waals surface area contributed by atoms with Crippen molar-refractivity contribution in [2.24, 2.45) is 16.6 Å². The van der Waals surface area contributed by atoms with Crippen molar-refractivity contribution in [1.29, 1.82) is 0 Å². The van der Waals surface area contributed by atoms with E-state index in [1.807, 2.05) is 4.68 Å². The monoisotopic (exact) mass is 479 g/mol. The lowest BCUT2D eigenvalue weighted by Gasteiger charge is -2.35. The van der Waals surface area contributed by atoms with Gasteiger partial charge in [-0.2, -0.15) is 18.3 Å². The van der Waals surface area contributed by atoms with Gasteiger partial charge in [0.1, 0.15) is 5.71 Å². The molecule has 1 aromatic heterocycles. The second kappa shape index (κ2) is 8.70.